The molecule has 7 heteroatoms. The number of benzene rings is 1. The van der Waals surface area contributed by atoms with Crippen molar-refractivity contribution in [1.82, 2.24) is 0 Å². The van der Waals surface area contributed by atoms with Crippen LogP contribution in [-0.2, 0) is 23.0 Å². The van der Waals surface area contributed by atoms with Crippen molar-refractivity contribution < 1.29 is 26.1 Å². The summed E-state index contributed by atoms with van der Waals surface area (Å²) in [5.74, 6) is -1.56. The van der Waals surface area contributed by atoms with E-state index in [2.05, 4.69) is 0 Å². The van der Waals surface area contributed by atoms with Gasteiger partial charge in [-0.3, -0.25) is 4.55 Å². The SMILES string of the molecule is CCc1cc(C)cc(CCC(C(C)(C)C)C(F)(F)F)c1S(=O)(=O)O. The van der Waals surface area contributed by atoms with Crippen molar-refractivity contribution in [2.24, 2.45) is 11.3 Å². The molecule has 0 spiro atoms. The van der Waals surface area contributed by atoms with Crippen molar-refractivity contribution in [2.45, 2.75) is 65.0 Å². The van der Waals surface area contributed by atoms with Crippen molar-refractivity contribution in [3.63, 3.8) is 0 Å². The summed E-state index contributed by atoms with van der Waals surface area (Å²) in [6.45, 7) is 8.04. The number of hydrogen-bond acceptors (Lipinski definition) is 2. The molecule has 0 saturated heterocycles. The van der Waals surface area contributed by atoms with Gasteiger partial charge in [0.25, 0.3) is 10.1 Å². The van der Waals surface area contributed by atoms with Crippen molar-refractivity contribution >= 4 is 10.1 Å². The lowest BCUT2D eigenvalue weighted by atomic mass is 9.77. The molecule has 0 aromatic heterocycles. The lowest BCUT2D eigenvalue weighted by Crippen LogP contribution is -2.35. The van der Waals surface area contributed by atoms with Crippen LogP contribution in [0.3, 0.4) is 0 Å². The maximum Gasteiger partial charge on any atom is 0.392 e. The third-order valence-electron chi connectivity index (χ3n) is 4.17. The largest absolute Gasteiger partial charge is 0.392 e. The molecule has 138 valence electrons. The minimum absolute atomic E-state index is 0.0642. The van der Waals surface area contributed by atoms with Crippen LogP contribution in [0.15, 0.2) is 17.0 Å². The topological polar surface area (TPSA) is 54.4 Å². The number of rotatable bonds is 5. The molecule has 1 N–H and O–H groups in total. The van der Waals surface area contributed by atoms with E-state index < -0.39 is 27.6 Å². The molecule has 1 aromatic carbocycles. The molecule has 24 heavy (non-hydrogen) atoms. The first-order valence-electron chi connectivity index (χ1n) is 7.84. The van der Waals surface area contributed by atoms with Crippen LogP contribution in [0, 0.1) is 18.3 Å². The summed E-state index contributed by atoms with van der Waals surface area (Å²) in [5, 5.41) is 0. The Morgan fingerprint density at radius 1 is 1.12 bits per heavy atom. The van der Waals surface area contributed by atoms with Gasteiger partial charge in [-0.15, -0.1) is 0 Å². The first kappa shape index (κ1) is 21.0. The molecule has 1 aromatic rings. The van der Waals surface area contributed by atoms with Crippen LogP contribution < -0.4 is 0 Å². The van der Waals surface area contributed by atoms with Crippen LogP contribution >= 0.6 is 0 Å². The Bertz CT molecular complexity index is 672. The highest BCUT2D eigenvalue weighted by Crippen LogP contribution is 2.42. The molecule has 1 atom stereocenters. The molecule has 0 fully saturated rings. The molecule has 0 bridgehead atoms. The van der Waals surface area contributed by atoms with E-state index in [1.807, 2.05) is 0 Å². The third-order valence-corrected chi connectivity index (χ3v) is 5.21. The zero-order valence-corrected chi connectivity index (χ0v) is 15.5. The minimum Gasteiger partial charge on any atom is -0.282 e. The Kier molecular flexibility index (Phi) is 6.15. The van der Waals surface area contributed by atoms with E-state index in [0.29, 0.717) is 12.0 Å². The van der Waals surface area contributed by atoms with Gasteiger partial charge in [-0.1, -0.05) is 45.4 Å². The quantitative estimate of drug-likeness (QED) is 0.749. The molecule has 0 heterocycles. The Morgan fingerprint density at radius 2 is 1.62 bits per heavy atom. The van der Waals surface area contributed by atoms with Crippen LogP contribution in [0.4, 0.5) is 13.2 Å². The van der Waals surface area contributed by atoms with E-state index in [1.165, 1.54) is 20.8 Å². The average molecular weight is 366 g/mol. The summed E-state index contributed by atoms with van der Waals surface area (Å²) in [6.07, 6.45) is -4.30. The number of aryl methyl sites for hydroxylation is 3. The highest BCUT2D eigenvalue weighted by atomic mass is 32.2. The van der Waals surface area contributed by atoms with E-state index in [1.54, 1.807) is 26.0 Å². The average Bonchev–Trinajstić information content (AvgIpc) is 2.32. The van der Waals surface area contributed by atoms with Crippen molar-refractivity contribution in [3.05, 3.63) is 28.8 Å². The van der Waals surface area contributed by atoms with E-state index in [9.17, 15) is 26.1 Å². The smallest absolute Gasteiger partial charge is 0.282 e. The molecule has 3 nitrogen and oxygen atoms in total. The van der Waals surface area contributed by atoms with E-state index in [4.69, 9.17) is 0 Å². The fourth-order valence-corrected chi connectivity index (χ4v) is 4.12. The lowest BCUT2D eigenvalue weighted by molar-refractivity contribution is -0.202. The van der Waals surface area contributed by atoms with Gasteiger partial charge in [-0.25, -0.2) is 0 Å². The predicted molar refractivity (Wildman–Crippen MR) is 87.7 cm³/mol. The molecule has 0 aliphatic heterocycles. The van der Waals surface area contributed by atoms with E-state index in [-0.39, 0.29) is 23.3 Å². The van der Waals surface area contributed by atoms with Gasteiger partial charge in [0.15, 0.2) is 0 Å². The second-order valence-electron chi connectivity index (χ2n) is 7.24. The highest BCUT2D eigenvalue weighted by molar-refractivity contribution is 7.86. The Labute approximate surface area is 142 Å². The van der Waals surface area contributed by atoms with Crippen LogP contribution in [0.2, 0.25) is 0 Å². The van der Waals surface area contributed by atoms with E-state index >= 15 is 0 Å². The van der Waals surface area contributed by atoms with Gasteiger partial charge in [-0.05, 0) is 42.7 Å². The molecule has 0 saturated carbocycles. The van der Waals surface area contributed by atoms with Crippen molar-refractivity contribution in [2.75, 3.05) is 0 Å². The number of hydrogen-bond donors (Lipinski definition) is 1. The molecule has 0 radical (unpaired) electrons. The van der Waals surface area contributed by atoms with Gasteiger partial charge < -0.3 is 0 Å². The zero-order chi connectivity index (χ0) is 18.9. The summed E-state index contributed by atoms with van der Waals surface area (Å²) in [7, 11) is -4.49. The second-order valence-corrected chi connectivity index (χ2v) is 8.60. The van der Waals surface area contributed by atoms with Crippen molar-refractivity contribution in [1.29, 1.82) is 0 Å². The molecule has 1 unspecified atom stereocenters. The molecule has 0 amide bonds. The van der Waals surface area contributed by atoms with Crippen LogP contribution in [0.5, 0.6) is 0 Å². The fourth-order valence-electron chi connectivity index (χ4n) is 3.10. The van der Waals surface area contributed by atoms with Gasteiger partial charge in [-0.2, -0.15) is 21.6 Å². The van der Waals surface area contributed by atoms with Gasteiger partial charge in [0.2, 0.25) is 0 Å². The van der Waals surface area contributed by atoms with E-state index in [0.717, 1.165) is 5.56 Å². The normalized spacial score (nSPS) is 14.7. The first-order valence-corrected chi connectivity index (χ1v) is 9.28. The lowest BCUT2D eigenvalue weighted by Gasteiger charge is -2.32. The van der Waals surface area contributed by atoms with Crippen molar-refractivity contribution in [3.8, 4) is 0 Å². The molecular weight excluding hydrogens is 341 g/mol. The van der Waals surface area contributed by atoms with Crippen LogP contribution in [0.25, 0.3) is 0 Å². The van der Waals surface area contributed by atoms with Gasteiger partial charge >= 0.3 is 6.18 Å². The Morgan fingerprint density at radius 3 is 2.00 bits per heavy atom. The summed E-state index contributed by atoms with van der Waals surface area (Å²) in [5.41, 5.74) is 0.432. The highest BCUT2D eigenvalue weighted by Gasteiger charge is 2.46. The maximum absolute atomic E-state index is 13.3. The van der Waals surface area contributed by atoms with Gasteiger partial charge in [0, 0.05) is 0 Å². The molecular formula is C17H25F3O3S. The standard InChI is InChI=1S/C17H25F3O3S/c1-6-12-9-11(2)10-13(15(12)24(21,22)23)7-8-14(16(3,4)5)17(18,19)20/h9-10,14H,6-8H2,1-5H3,(H,21,22,23). The number of alkyl halides is 3. The zero-order valence-electron chi connectivity index (χ0n) is 14.7. The fraction of sp³-hybridized carbons (Fsp3) is 0.647. The van der Waals surface area contributed by atoms with Crippen LogP contribution in [0.1, 0.15) is 50.8 Å². The second kappa shape index (κ2) is 7.04. The van der Waals surface area contributed by atoms with Gasteiger partial charge in [0.05, 0.1) is 5.92 Å². The maximum atomic E-state index is 13.3. The monoisotopic (exact) mass is 366 g/mol. The summed E-state index contributed by atoms with van der Waals surface area (Å²) in [4.78, 5) is -0.245. The molecule has 0 aliphatic carbocycles. The third kappa shape index (κ3) is 5.21. The first-order chi connectivity index (χ1) is 10.7. The number of halogens is 3. The predicted octanol–water partition coefficient (Wildman–Crippen LogP) is 4.96. The summed E-state index contributed by atoms with van der Waals surface area (Å²) >= 11 is 0. The molecule has 0 aliphatic rings. The minimum atomic E-state index is -4.49. The molecule has 1 rings (SSSR count). The van der Waals surface area contributed by atoms with Crippen LogP contribution in [-0.4, -0.2) is 19.1 Å². The summed E-state index contributed by atoms with van der Waals surface area (Å²) in [6, 6.07) is 3.18. The Balaban J connectivity index is 3.31. The summed E-state index contributed by atoms with van der Waals surface area (Å²) < 4.78 is 72.9. The Hall–Kier alpha value is -1.08. The van der Waals surface area contributed by atoms with Gasteiger partial charge in [0.1, 0.15) is 4.90 Å².